The number of aliphatic hydroxyl groups excluding tert-OH is 2. The second-order valence-electron chi connectivity index (χ2n) is 9.16. The van der Waals surface area contributed by atoms with Crippen molar-refractivity contribution in [2.24, 2.45) is 34.5 Å². The summed E-state index contributed by atoms with van der Waals surface area (Å²) in [6.45, 7) is 4.57. The third-order valence-corrected chi connectivity index (χ3v) is 8.37. The van der Waals surface area contributed by atoms with Gasteiger partial charge in [0, 0.05) is 5.41 Å². The number of carbonyl (C=O) groups is 1. The van der Waals surface area contributed by atoms with Gasteiger partial charge in [-0.15, -0.1) is 0 Å². The van der Waals surface area contributed by atoms with Crippen molar-refractivity contribution in [2.75, 3.05) is 0 Å². The monoisotopic (exact) mass is 306 g/mol. The van der Waals surface area contributed by atoms with Gasteiger partial charge in [-0.1, -0.05) is 13.8 Å². The molecule has 0 saturated heterocycles. The highest BCUT2D eigenvalue weighted by atomic mass is 16.3. The van der Waals surface area contributed by atoms with E-state index < -0.39 is 6.10 Å². The summed E-state index contributed by atoms with van der Waals surface area (Å²) < 4.78 is 0. The molecule has 4 saturated carbocycles. The molecule has 2 N–H and O–H groups in total. The Bertz CT molecular complexity index is 489. The van der Waals surface area contributed by atoms with E-state index in [2.05, 4.69) is 13.8 Å². The lowest BCUT2D eigenvalue weighted by Gasteiger charge is -2.59. The molecular weight excluding hydrogens is 276 g/mol. The average molecular weight is 306 g/mol. The molecule has 3 nitrogen and oxygen atoms in total. The van der Waals surface area contributed by atoms with Crippen molar-refractivity contribution < 1.29 is 15.0 Å². The minimum atomic E-state index is -0.715. The van der Waals surface area contributed by atoms with Gasteiger partial charge in [-0.05, 0) is 80.5 Å². The molecule has 0 aromatic rings. The molecule has 4 fully saturated rings. The van der Waals surface area contributed by atoms with Gasteiger partial charge >= 0.3 is 0 Å². The van der Waals surface area contributed by atoms with Crippen LogP contribution in [-0.4, -0.2) is 28.2 Å². The molecule has 0 aromatic carbocycles. The Kier molecular flexibility index (Phi) is 3.30. The van der Waals surface area contributed by atoms with E-state index in [4.69, 9.17) is 0 Å². The number of ketones is 1. The van der Waals surface area contributed by atoms with Crippen molar-refractivity contribution in [2.45, 2.75) is 77.4 Å². The summed E-state index contributed by atoms with van der Waals surface area (Å²) in [4.78, 5) is 12.5. The molecule has 1 unspecified atom stereocenters. The number of hydrogen-bond donors (Lipinski definition) is 2. The number of carbonyl (C=O) groups excluding carboxylic acids is 1. The Hall–Kier alpha value is -0.410. The summed E-state index contributed by atoms with van der Waals surface area (Å²) in [6, 6.07) is 0. The Balaban J connectivity index is 1.64. The molecule has 0 bridgehead atoms. The standard InChI is InChI=1S/C19H30O3/c1-18-7-5-12(20)9-11(18)3-4-13-14(18)6-8-19(2)15(13)10-16(21)17(19)22/h11-16,20-21H,3-10H2,1-2H3/t11-,12?,13+,14-,15-,16+,18-,19-/m0/s1. The molecule has 0 aromatic heterocycles. The molecule has 124 valence electrons. The highest BCUT2D eigenvalue weighted by Gasteiger charge is 2.62. The highest BCUT2D eigenvalue weighted by molar-refractivity contribution is 5.91. The van der Waals surface area contributed by atoms with Crippen LogP contribution in [0.5, 0.6) is 0 Å². The summed E-state index contributed by atoms with van der Waals surface area (Å²) in [6.07, 6.45) is 7.43. The first kappa shape index (κ1) is 15.1. The van der Waals surface area contributed by atoms with Crippen molar-refractivity contribution in [3.63, 3.8) is 0 Å². The Morgan fingerprint density at radius 2 is 1.73 bits per heavy atom. The van der Waals surface area contributed by atoms with Crippen molar-refractivity contribution in [3.8, 4) is 0 Å². The van der Waals surface area contributed by atoms with Crippen molar-refractivity contribution in [1.29, 1.82) is 0 Å². The maximum atomic E-state index is 12.5. The second-order valence-corrected chi connectivity index (χ2v) is 9.16. The zero-order valence-electron chi connectivity index (χ0n) is 13.9. The van der Waals surface area contributed by atoms with Gasteiger partial charge in [0.05, 0.1) is 6.10 Å². The van der Waals surface area contributed by atoms with Crippen LogP contribution in [0.15, 0.2) is 0 Å². The van der Waals surface area contributed by atoms with Crippen LogP contribution in [0, 0.1) is 34.5 Å². The van der Waals surface area contributed by atoms with Crippen LogP contribution in [0.25, 0.3) is 0 Å². The van der Waals surface area contributed by atoms with Crippen molar-refractivity contribution in [1.82, 2.24) is 0 Å². The SMILES string of the molecule is C[C@]12CCC(O)C[C@@H]1CC[C@@H]1[C@@H]2CC[C@]2(C)C(=O)[C@H](O)C[C@@H]12. The first-order valence-corrected chi connectivity index (χ1v) is 9.26. The minimum Gasteiger partial charge on any atom is -0.393 e. The summed E-state index contributed by atoms with van der Waals surface area (Å²) in [5.74, 6) is 2.45. The fraction of sp³-hybridized carbons (Fsp3) is 0.947. The van der Waals surface area contributed by atoms with Crippen LogP contribution in [0.3, 0.4) is 0 Å². The Morgan fingerprint density at radius 3 is 2.50 bits per heavy atom. The first-order chi connectivity index (χ1) is 10.4. The van der Waals surface area contributed by atoms with Crippen LogP contribution in [-0.2, 0) is 4.79 Å². The quantitative estimate of drug-likeness (QED) is 0.723. The van der Waals surface area contributed by atoms with Crippen LogP contribution < -0.4 is 0 Å². The average Bonchev–Trinajstić information content (AvgIpc) is 2.72. The van der Waals surface area contributed by atoms with Gasteiger partial charge in [-0.2, -0.15) is 0 Å². The van der Waals surface area contributed by atoms with E-state index in [1.54, 1.807) is 0 Å². The topological polar surface area (TPSA) is 57.5 Å². The third-order valence-electron chi connectivity index (χ3n) is 8.37. The van der Waals surface area contributed by atoms with Crippen LogP contribution in [0.4, 0.5) is 0 Å². The van der Waals surface area contributed by atoms with Gasteiger partial charge in [0.2, 0.25) is 0 Å². The lowest BCUT2D eigenvalue weighted by Crippen LogP contribution is -2.54. The number of aliphatic hydroxyl groups is 2. The van der Waals surface area contributed by atoms with E-state index in [0.717, 1.165) is 32.1 Å². The molecule has 0 spiro atoms. The normalized spacial score (nSPS) is 57.9. The molecule has 4 rings (SSSR count). The number of hydrogen-bond acceptors (Lipinski definition) is 3. The fourth-order valence-corrected chi connectivity index (χ4v) is 7.02. The van der Waals surface area contributed by atoms with E-state index >= 15 is 0 Å². The largest absolute Gasteiger partial charge is 0.393 e. The predicted octanol–water partition coefficient (Wildman–Crippen LogP) is 2.93. The third kappa shape index (κ3) is 1.84. The Labute approximate surface area is 133 Å². The molecular formula is C19H30O3. The lowest BCUT2D eigenvalue weighted by atomic mass is 9.45. The molecule has 0 heterocycles. The van der Waals surface area contributed by atoms with Gasteiger partial charge < -0.3 is 10.2 Å². The molecule has 3 heteroatoms. The second kappa shape index (κ2) is 4.80. The van der Waals surface area contributed by atoms with Crippen LogP contribution in [0.2, 0.25) is 0 Å². The van der Waals surface area contributed by atoms with Gasteiger partial charge in [0.1, 0.15) is 6.10 Å². The van der Waals surface area contributed by atoms with Crippen LogP contribution in [0.1, 0.15) is 65.2 Å². The van der Waals surface area contributed by atoms with E-state index in [9.17, 15) is 15.0 Å². The van der Waals surface area contributed by atoms with Gasteiger partial charge in [-0.3, -0.25) is 4.79 Å². The van der Waals surface area contributed by atoms with Gasteiger partial charge in [0.25, 0.3) is 0 Å². The van der Waals surface area contributed by atoms with Crippen molar-refractivity contribution in [3.05, 3.63) is 0 Å². The molecule has 4 aliphatic rings. The van der Waals surface area contributed by atoms with Crippen molar-refractivity contribution >= 4 is 5.78 Å². The number of rotatable bonds is 0. The van der Waals surface area contributed by atoms with E-state index in [-0.39, 0.29) is 17.3 Å². The van der Waals surface area contributed by atoms with E-state index in [0.29, 0.717) is 35.5 Å². The van der Waals surface area contributed by atoms with Crippen LogP contribution >= 0.6 is 0 Å². The lowest BCUT2D eigenvalue weighted by molar-refractivity contribution is -0.144. The molecule has 4 aliphatic carbocycles. The smallest absolute Gasteiger partial charge is 0.167 e. The molecule has 22 heavy (non-hydrogen) atoms. The maximum Gasteiger partial charge on any atom is 0.167 e. The molecule has 0 amide bonds. The highest BCUT2D eigenvalue weighted by Crippen LogP contribution is 2.65. The van der Waals surface area contributed by atoms with E-state index in [1.807, 2.05) is 0 Å². The Morgan fingerprint density at radius 1 is 0.955 bits per heavy atom. The molecule has 8 atom stereocenters. The summed E-state index contributed by atoms with van der Waals surface area (Å²) >= 11 is 0. The van der Waals surface area contributed by atoms with E-state index in [1.165, 1.54) is 12.8 Å². The molecule has 0 radical (unpaired) electrons. The van der Waals surface area contributed by atoms with Gasteiger partial charge in [0.15, 0.2) is 5.78 Å². The first-order valence-electron chi connectivity index (χ1n) is 9.26. The predicted molar refractivity (Wildman–Crippen MR) is 84.1 cm³/mol. The summed E-state index contributed by atoms with van der Waals surface area (Å²) in [5, 5.41) is 20.2. The number of fused-ring (bicyclic) bond motifs is 5. The number of Topliss-reactive ketones (excluding diaryl/α,β-unsaturated/α-hetero) is 1. The minimum absolute atomic E-state index is 0.0987. The van der Waals surface area contributed by atoms with Gasteiger partial charge in [-0.25, -0.2) is 0 Å². The maximum absolute atomic E-state index is 12.5. The summed E-state index contributed by atoms with van der Waals surface area (Å²) in [5.41, 5.74) is 0.0814. The zero-order valence-corrected chi connectivity index (χ0v) is 13.9. The fourth-order valence-electron chi connectivity index (χ4n) is 7.02. The zero-order chi connectivity index (χ0) is 15.7. The summed E-state index contributed by atoms with van der Waals surface area (Å²) in [7, 11) is 0. The molecule has 0 aliphatic heterocycles.